The van der Waals surface area contributed by atoms with Crippen molar-refractivity contribution in [3.63, 3.8) is 0 Å². The summed E-state index contributed by atoms with van der Waals surface area (Å²) in [6.45, 7) is 1.95. The molecule has 1 atom stereocenters. The Morgan fingerprint density at radius 2 is 2.10 bits per heavy atom. The maximum atomic E-state index is 11.9. The lowest BCUT2D eigenvalue weighted by molar-refractivity contribution is -0.116. The molecule has 0 radical (unpaired) electrons. The van der Waals surface area contributed by atoms with Crippen LogP contribution in [-0.4, -0.2) is 15.7 Å². The summed E-state index contributed by atoms with van der Waals surface area (Å²) in [4.78, 5) is 11.9. The van der Waals surface area contributed by atoms with Crippen LogP contribution in [0.3, 0.4) is 0 Å². The van der Waals surface area contributed by atoms with Gasteiger partial charge in [0.05, 0.1) is 15.7 Å². The van der Waals surface area contributed by atoms with Gasteiger partial charge >= 0.3 is 0 Å². The molecule has 1 aliphatic rings. The van der Waals surface area contributed by atoms with Crippen molar-refractivity contribution < 1.29 is 4.79 Å². The van der Waals surface area contributed by atoms with Gasteiger partial charge < -0.3 is 5.32 Å². The Balaban J connectivity index is 2.15. The van der Waals surface area contributed by atoms with E-state index < -0.39 is 0 Å². The Morgan fingerprint density at radius 1 is 1.35 bits per heavy atom. The molecule has 0 unspecified atom stereocenters. The zero-order valence-corrected chi connectivity index (χ0v) is 12.6. The lowest BCUT2D eigenvalue weighted by atomic mass is 9.86. The van der Waals surface area contributed by atoms with Crippen LogP contribution in [0.1, 0.15) is 29.2 Å². The van der Waals surface area contributed by atoms with Crippen LogP contribution < -0.4 is 5.32 Å². The van der Waals surface area contributed by atoms with E-state index >= 15 is 0 Å². The quantitative estimate of drug-likeness (QED) is 0.876. The lowest BCUT2D eigenvalue weighted by Gasteiger charge is -2.24. The third kappa shape index (κ3) is 2.09. The van der Waals surface area contributed by atoms with Crippen molar-refractivity contribution in [2.24, 2.45) is 7.05 Å². The second kappa shape index (κ2) is 4.79. The van der Waals surface area contributed by atoms with Gasteiger partial charge in [0.1, 0.15) is 5.82 Å². The molecule has 1 aliphatic heterocycles. The van der Waals surface area contributed by atoms with Crippen molar-refractivity contribution >= 4 is 34.9 Å². The summed E-state index contributed by atoms with van der Waals surface area (Å²) in [5.41, 5.74) is 2.94. The molecule has 2 heterocycles. The van der Waals surface area contributed by atoms with Gasteiger partial charge in [-0.1, -0.05) is 29.3 Å². The van der Waals surface area contributed by atoms with E-state index in [4.69, 9.17) is 23.2 Å². The minimum absolute atomic E-state index is 0.0171. The number of carbonyl (C=O) groups is 1. The van der Waals surface area contributed by atoms with E-state index in [9.17, 15) is 4.79 Å². The minimum Gasteiger partial charge on any atom is -0.311 e. The van der Waals surface area contributed by atoms with Crippen molar-refractivity contribution in [1.82, 2.24) is 9.78 Å². The molecule has 0 spiro atoms. The van der Waals surface area contributed by atoms with E-state index in [1.807, 2.05) is 26.1 Å². The average Bonchev–Trinajstić information content (AvgIpc) is 2.67. The Morgan fingerprint density at radius 3 is 2.80 bits per heavy atom. The molecular formula is C14H13Cl2N3O. The maximum Gasteiger partial charge on any atom is 0.226 e. The van der Waals surface area contributed by atoms with Gasteiger partial charge in [-0.15, -0.1) is 0 Å². The number of nitrogens with zero attached hydrogens (tertiary/aromatic N) is 2. The number of nitrogens with one attached hydrogen (secondary N) is 1. The standard InChI is InChI=1S/C14H13Cl2N3O/c1-7-13-9(8-3-4-10(15)11(16)5-8)6-12(20)17-14(13)19(2)18-7/h3-5,9H,6H2,1-2H3,(H,17,20)/t9-/m1/s1. The van der Waals surface area contributed by atoms with E-state index in [1.165, 1.54) is 0 Å². The van der Waals surface area contributed by atoms with Crippen LogP contribution in [0.15, 0.2) is 18.2 Å². The highest BCUT2D eigenvalue weighted by atomic mass is 35.5. The Kier molecular flexibility index (Phi) is 3.22. The number of aromatic nitrogens is 2. The molecule has 1 aromatic heterocycles. The molecule has 4 nitrogen and oxygen atoms in total. The largest absolute Gasteiger partial charge is 0.311 e. The first-order valence-electron chi connectivity index (χ1n) is 6.25. The summed E-state index contributed by atoms with van der Waals surface area (Å²) in [5.74, 6) is 0.702. The lowest BCUT2D eigenvalue weighted by Crippen LogP contribution is -2.24. The molecule has 1 amide bonds. The van der Waals surface area contributed by atoms with Crippen LogP contribution in [0.2, 0.25) is 10.0 Å². The molecule has 6 heteroatoms. The molecule has 20 heavy (non-hydrogen) atoms. The number of rotatable bonds is 1. The molecule has 0 fully saturated rings. The molecule has 1 aromatic carbocycles. The van der Waals surface area contributed by atoms with Gasteiger partial charge in [-0.05, 0) is 24.6 Å². The van der Waals surface area contributed by atoms with Gasteiger partial charge in [-0.25, -0.2) is 0 Å². The van der Waals surface area contributed by atoms with E-state index in [2.05, 4.69) is 10.4 Å². The highest BCUT2D eigenvalue weighted by Gasteiger charge is 2.31. The summed E-state index contributed by atoms with van der Waals surface area (Å²) >= 11 is 12.0. The predicted molar refractivity (Wildman–Crippen MR) is 79.5 cm³/mol. The van der Waals surface area contributed by atoms with E-state index in [1.54, 1.807) is 10.7 Å². The number of hydrogen-bond acceptors (Lipinski definition) is 2. The number of halogens is 2. The highest BCUT2D eigenvalue weighted by Crippen LogP contribution is 2.40. The maximum absolute atomic E-state index is 11.9. The number of anilines is 1. The Hall–Kier alpha value is -1.52. The van der Waals surface area contributed by atoms with E-state index in [0.717, 1.165) is 22.6 Å². The highest BCUT2D eigenvalue weighted by molar-refractivity contribution is 6.42. The minimum atomic E-state index is -0.0396. The van der Waals surface area contributed by atoms with Crippen LogP contribution in [-0.2, 0) is 11.8 Å². The van der Waals surface area contributed by atoms with Crippen molar-refractivity contribution in [3.8, 4) is 0 Å². The first-order valence-corrected chi connectivity index (χ1v) is 7.01. The number of fused-ring (bicyclic) bond motifs is 1. The number of hydrogen-bond donors (Lipinski definition) is 1. The van der Waals surface area contributed by atoms with Crippen molar-refractivity contribution in [2.45, 2.75) is 19.3 Å². The van der Waals surface area contributed by atoms with Crippen molar-refractivity contribution in [2.75, 3.05) is 5.32 Å². The second-order valence-corrected chi connectivity index (χ2v) is 5.76. The van der Waals surface area contributed by atoms with Crippen LogP contribution >= 0.6 is 23.2 Å². The Labute approximate surface area is 126 Å². The molecule has 0 saturated heterocycles. The number of carbonyl (C=O) groups excluding carboxylic acids is 1. The molecule has 2 aromatic rings. The normalized spacial score (nSPS) is 17.8. The zero-order valence-electron chi connectivity index (χ0n) is 11.1. The molecule has 3 rings (SSSR count). The first kappa shape index (κ1) is 13.5. The van der Waals surface area contributed by atoms with Crippen LogP contribution in [0, 0.1) is 6.92 Å². The van der Waals surface area contributed by atoms with Crippen LogP contribution in [0.4, 0.5) is 5.82 Å². The summed E-state index contributed by atoms with van der Waals surface area (Å²) in [7, 11) is 1.82. The number of benzene rings is 1. The number of amides is 1. The summed E-state index contributed by atoms with van der Waals surface area (Å²) in [6.07, 6.45) is 0.386. The summed E-state index contributed by atoms with van der Waals surface area (Å²) in [6, 6.07) is 5.49. The predicted octanol–water partition coefficient (Wildman–Crippen LogP) is 3.51. The van der Waals surface area contributed by atoms with Gasteiger partial charge in [-0.3, -0.25) is 9.48 Å². The zero-order chi connectivity index (χ0) is 14.4. The van der Waals surface area contributed by atoms with Gasteiger partial charge in [0.15, 0.2) is 0 Å². The fourth-order valence-corrected chi connectivity index (χ4v) is 3.03. The molecule has 1 N–H and O–H groups in total. The monoisotopic (exact) mass is 309 g/mol. The third-order valence-corrected chi connectivity index (χ3v) is 4.35. The molecular weight excluding hydrogens is 297 g/mol. The fourth-order valence-electron chi connectivity index (χ4n) is 2.72. The van der Waals surface area contributed by atoms with Gasteiger partial charge in [0.25, 0.3) is 0 Å². The van der Waals surface area contributed by atoms with Gasteiger partial charge in [0, 0.05) is 24.9 Å². The molecule has 104 valence electrons. The summed E-state index contributed by atoms with van der Waals surface area (Å²) in [5, 5.41) is 8.27. The molecule has 0 aliphatic carbocycles. The third-order valence-electron chi connectivity index (χ3n) is 3.61. The van der Waals surface area contributed by atoms with Gasteiger partial charge in [0.2, 0.25) is 5.91 Å². The fraction of sp³-hybridized carbons (Fsp3) is 0.286. The van der Waals surface area contributed by atoms with Gasteiger partial charge in [-0.2, -0.15) is 5.10 Å². The SMILES string of the molecule is Cc1nn(C)c2c1[C@@H](c1ccc(Cl)c(Cl)c1)CC(=O)N2. The van der Waals surface area contributed by atoms with Crippen LogP contribution in [0.25, 0.3) is 0 Å². The molecule has 0 bridgehead atoms. The van der Waals surface area contributed by atoms with Crippen molar-refractivity contribution in [3.05, 3.63) is 45.1 Å². The topological polar surface area (TPSA) is 46.9 Å². The second-order valence-electron chi connectivity index (χ2n) is 4.95. The Bertz CT molecular complexity index is 709. The first-order chi connectivity index (χ1) is 9.47. The van der Waals surface area contributed by atoms with E-state index in [-0.39, 0.29) is 11.8 Å². The average molecular weight is 310 g/mol. The smallest absolute Gasteiger partial charge is 0.226 e. The van der Waals surface area contributed by atoms with Crippen LogP contribution in [0.5, 0.6) is 0 Å². The van der Waals surface area contributed by atoms with E-state index in [0.29, 0.717) is 16.5 Å². The van der Waals surface area contributed by atoms with Crippen molar-refractivity contribution in [1.29, 1.82) is 0 Å². The number of aryl methyl sites for hydroxylation is 2. The summed E-state index contributed by atoms with van der Waals surface area (Å²) < 4.78 is 1.70. The molecule has 0 saturated carbocycles.